The van der Waals surface area contributed by atoms with Gasteiger partial charge in [-0.3, -0.25) is 14.6 Å². The Morgan fingerprint density at radius 2 is 1.69 bits per heavy atom. The van der Waals surface area contributed by atoms with Gasteiger partial charge in [-0.05, 0) is 48.4 Å². The Morgan fingerprint density at radius 1 is 1.00 bits per heavy atom. The molecule has 0 aliphatic carbocycles. The van der Waals surface area contributed by atoms with Crippen LogP contribution in [0.25, 0.3) is 10.9 Å². The lowest BCUT2D eigenvalue weighted by atomic mass is 9.99. The van der Waals surface area contributed by atoms with Crippen molar-refractivity contribution in [1.29, 1.82) is 0 Å². The fourth-order valence-electron chi connectivity index (χ4n) is 2.86. The molecule has 0 aliphatic rings. The van der Waals surface area contributed by atoms with Crippen LogP contribution in [0, 0.1) is 5.92 Å². The van der Waals surface area contributed by atoms with Gasteiger partial charge in [0.1, 0.15) is 30.6 Å². The summed E-state index contributed by atoms with van der Waals surface area (Å²) in [6, 6.07) is 16.7. The average Bonchev–Trinajstić information content (AvgIpc) is 2.75. The summed E-state index contributed by atoms with van der Waals surface area (Å²) < 4.78 is 16.0. The van der Waals surface area contributed by atoms with E-state index in [0.29, 0.717) is 19.0 Å². The quantitative estimate of drug-likeness (QED) is 0.340. The maximum absolute atomic E-state index is 11.6. The number of rotatable bonds is 9. The van der Waals surface area contributed by atoms with Crippen LogP contribution in [0.2, 0.25) is 0 Å². The zero-order valence-electron chi connectivity index (χ0n) is 16.0. The van der Waals surface area contributed by atoms with Crippen LogP contribution in [0.4, 0.5) is 0 Å². The third-order valence-electron chi connectivity index (χ3n) is 4.39. The summed E-state index contributed by atoms with van der Waals surface area (Å²) in [5, 5.41) is 1.02. The molecule has 0 saturated carbocycles. The fraction of sp³-hybridized carbons (Fsp3) is 0.227. The minimum atomic E-state index is -1.00. The van der Waals surface area contributed by atoms with E-state index in [0.717, 1.165) is 22.2 Å². The molecule has 1 atom stereocenters. The summed E-state index contributed by atoms with van der Waals surface area (Å²) in [6.07, 6.45) is 1.94. The number of nitrogens with zero attached hydrogens (tertiary/aromatic N) is 1. The van der Waals surface area contributed by atoms with Crippen molar-refractivity contribution in [1.82, 2.24) is 4.98 Å². The minimum absolute atomic E-state index is 0.183. The van der Waals surface area contributed by atoms with E-state index in [-0.39, 0.29) is 6.42 Å². The molecule has 7 nitrogen and oxygen atoms in total. The number of methoxy groups -OCH3 is 1. The van der Waals surface area contributed by atoms with E-state index in [1.54, 1.807) is 30.5 Å². The second-order valence-corrected chi connectivity index (χ2v) is 6.38. The topological polar surface area (TPSA) is 101 Å². The molecule has 1 aromatic heterocycles. The maximum Gasteiger partial charge on any atom is 0.318 e. The smallest absolute Gasteiger partial charge is 0.318 e. The first kappa shape index (κ1) is 20.1. The highest BCUT2D eigenvalue weighted by Gasteiger charge is 2.25. The Hall–Kier alpha value is -3.61. The predicted octanol–water partition coefficient (Wildman–Crippen LogP) is 2.51. The SMILES string of the molecule is COC(=O)C(Cc1ccc(OCCOc2ccc3ncccc3c2)cc1)C(N)=O. The number of hydrogen-bond donors (Lipinski definition) is 1. The number of esters is 1. The van der Waals surface area contributed by atoms with Crippen molar-refractivity contribution >= 4 is 22.8 Å². The molecule has 0 radical (unpaired) electrons. The van der Waals surface area contributed by atoms with Crippen LogP contribution < -0.4 is 15.2 Å². The van der Waals surface area contributed by atoms with E-state index in [4.69, 9.17) is 15.2 Å². The summed E-state index contributed by atoms with van der Waals surface area (Å²) in [4.78, 5) is 27.3. The van der Waals surface area contributed by atoms with Gasteiger partial charge in [-0.25, -0.2) is 0 Å². The first-order valence-electron chi connectivity index (χ1n) is 9.13. The third-order valence-corrected chi connectivity index (χ3v) is 4.39. The summed E-state index contributed by atoms with van der Waals surface area (Å²) in [5.74, 6) is -0.936. The number of ether oxygens (including phenoxy) is 3. The molecule has 0 fully saturated rings. The van der Waals surface area contributed by atoms with Crippen molar-refractivity contribution in [3.63, 3.8) is 0 Å². The largest absolute Gasteiger partial charge is 0.490 e. The maximum atomic E-state index is 11.6. The molecule has 2 aromatic carbocycles. The molecule has 1 unspecified atom stereocenters. The Bertz CT molecular complexity index is 988. The van der Waals surface area contributed by atoms with Gasteiger partial charge in [0, 0.05) is 11.6 Å². The number of nitrogens with two attached hydrogens (primary N) is 1. The van der Waals surface area contributed by atoms with Crippen LogP contribution in [-0.4, -0.2) is 37.2 Å². The second-order valence-electron chi connectivity index (χ2n) is 6.38. The molecule has 1 amide bonds. The van der Waals surface area contributed by atoms with Crippen LogP contribution in [0.1, 0.15) is 5.56 Å². The van der Waals surface area contributed by atoms with Crippen LogP contribution in [0.15, 0.2) is 60.8 Å². The molecular weight excluding hydrogens is 372 g/mol. The molecule has 150 valence electrons. The monoisotopic (exact) mass is 394 g/mol. The molecule has 29 heavy (non-hydrogen) atoms. The van der Waals surface area contributed by atoms with Crippen molar-refractivity contribution in [3.8, 4) is 11.5 Å². The van der Waals surface area contributed by atoms with Gasteiger partial charge in [-0.2, -0.15) is 0 Å². The zero-order valence-corrected chi connectivity index (χ0v) is 16.0. The lowest BCUT2D eigenvalue weighted by Crippen LogP contribution is -2.32. The van der Waals surface area contributed by atoms with E-state index < -0.39 is 17.8 Å². The zero-order chi connectivity index (χ0) is 20.6. The average molecular weight is 394 g/mol. The van der Waals surface area contributed by atoms with Gasteiger partial charge in [0.05, 0.1) is 12.6 Å². The minimum Gasteiger partial charge on any atom is -0.490 e. The molecular formula is C22H22N2O5. The standard InChI is InChI=1S/C22H22N2O5/c1-27-22(26)19(21(23)25)13-15-4-6-17(7-5-15)28-11-12-29-18-8-9-20-16(14-18)3-2-10-24-20/h2-10,14,19H,11-13H2,1H3,(H2,23,25). The molecule has 7 heteroatoms. The molecule has 0 saturated heterocycles. The summed E-state index contributed by atoms with van der Waals surface area (Å²) in [5.41, 5.74) is 6.97. The van der Waals surface area contributed by atoms with Gasteiger partial charge in [0.25, 0.3) is 0 Å². The number of primary amides is 1. The van der Waals surface area contributed by atoms with E-state index in [1.807, 2.05) is 30.3 Å². The van der Waals surface area contributed by atoms with Gasteiger partial charge in [0.15, 0.2) is 0 Å². The van der Waals surface area contributed by atoms with Crippen LogP contribution in [0.3, 0.4) is 0 Å². The van der Waals surface area contributed by atoms with Crippen LogP contribution in [-0.2, 0) is 20.7 Å². The molecule has 2 N–H and O–H groups in total. The van der Waals surface area contributed by atoms with Crippen LogP contribution in [0.5, 0.6) is 11.5 Å². The predicted molar refractivity (Wildman–Crippen MR) is 108 cm³/mol. The number of pyridine rings is 1. The summed E-state index contributed by atoms with van der Waals surface area (Å²) in [7, 11) is 1.23. The Labute approximate surface area is 168 Å². The highest BCUT2D eigenvalue weighted by atomic mass is 16.5. The number of benzene rings is 2. The van der Waals surface area contributed by atoms with Gasteiger partial charge in [-0.1, -0.05) is 18.2 Å². The van der Waals surface area contributed by atoms with Crippen molar-refractivity contribution in [2.24, 2.45) is 11.7 Å². The number of fused-ring (bicyclic) bond motifs is 1. The summed E-state index contributed by atoms with van der Waals surface area (Å²) >= 11 is 0. The number of carbonyl (C=O) groups is 2. The lowest BCUT2D eigenvalue weighted by Gasteiger charge is -2.12. The summed E-state index contributed by atoms with van der Waals surface area (Å²) in [6.45, 7) is 0.760. The molecule has 0 aliphatic heterocycles. The van der Waals surface area contributed by atoms with Gasteiger partial charge in [-0.15, -0.1) is 0 Å². The number of aromatic nitrogens is 1. The second kappa shape index (κ2) is 9.54. The normalized spacial score (nSPS) is 11.6. The first-order valence-corrected chi connectivity index (χ1v) is 9.13. The highest BCUT2D eigenvalue weighted by Crippen LogP contribution is 2.19. The van der Waals surface area contributed by atoms with Gasteiger partial charge in [0.2, 0.25) is 5.91 Å². The molecule has 3 aromatic rings. The van der Waals surface area contributed by atoms with E-state index in [9.17, 15) is 9.59 Å². The Balaban J connectivity index is 1.48. The first-order chi connectivity index (χ1) is 14.1. The number of amides is 1. The fourth-order valence-corrected chi connectivity index (χ4v) is 2.86. The van der Waals surface area contributed by atoms with E-state index in [1.165, 1.54) is 7.11 Å². The van der Waals surface area contributed by atoms with E-state index in [2.05, 4.69) is 9.72 Å². The lowest BCUT2D eigenvalue weighted by molar-refractivity contribution is -0.149. The number of hydrogen-bond acceptors (Lipinski definition) is 6. The molecule has 0 spiro atoms. The Kier molecular flexibility index (Phi) is 6.63. The Morgan fingerprint density at radius 3 is 2.38 bits per heavy atom. The number of carbonyl (C=O) groups excluding carboxylic acids is 2. The van der Waals surface area contributed by atoms with Crippen molar-refractivity contribution in [3.05, 3.63) is 66.4 Å². The molecule has 1 heterocycles. The van der Waals surface area contributed by atoms with Gasteiger partial charge >= 0.3 is 5.97 Å². The van der Waals surface area contributed by atoms with Crippen molar-refractivity contribution in [2.75, 3.05) is 20.3 Å². The van der Waals surface area contributed by atoms with Crippen LogP contribution >= 0.6 is 0 Å². The van der Waals surface area contributed by atoms with Gasteiger partial charge < -0.3 is 19.9 Å². The third kappa shape index (κ3) is 5.44. The molecule has 0 bridgehead atoms. The van der Waals surface area contributed by atoms with Crippen molar-refractivity contribution < 1.29 is 23.8 Å². The van der Waals surface area contributed by atoms with Crippen molar-refractivity contribution in [2.45, 2.75) is 6.42 Å². The van der Waals surface area contributed by atoms with E-state index >= 15 is 0 Å². The molecule has 3 rings (SSSR count). The highest BCUT2D eigenvalue weighted by molar-refractivity contribution is 5.97.